The summed E-state index contributed by atoms with van der Waals surface area (Å²) in [6.45, 7) is 0. The van der Waals surface area contributed by atoms with Crippen LogP contribution in [0.3, 0.4) is 0 Å². The number of nitrogens with zero attached hydrogens (tertiary/aromatic N) is 2. The van der Waals surface area contributed by atoms with E-state index in [4.69, 9.17) is 4.42 Å². The lowest BCUT2D eigenvalue weighted by molar-refractivity contribution is 0.666. The third-order valence-corrected chi connectivity index (χ3v) is 3.59. The summed E-state index contributed by atoms with van der Waals surface area (Å²) in [7, 11) is 0. The average molecular weight is 325 g/mol. The van der Waals surface area contributed by atoms with Crippen molar-refractivity contribution in [2.24, 2.45) is 0 Å². The lowest BCUT2D eigenvalue weighted by atomic mass is 10.1. The third kappa shape index (κ3) is 1.72. The molecule has 0 aliphatic heterocycles. The van der Waals surface area contributed by atoms with E-state index in [9.17, 15) is 0 Å². The van der Waals surface area contributed by atoms with Crippen molar-refractivity contribution in [3.63, 3.8) is 0 Å². The van der Waals surface area contributed by atoms with Gasteiger partial charge in [0.25, 0.3) is 0 Å². The zero-order valence-corrected chi connectivity index (χ0v) is 12.0. The predicted octanol–water partition coefficient (Wildman–Crippen LogP) is 4.81. The van der Waals surface area contributed by atoms with Crippen molar-refractivity contribution >= 4 is 38.0 Å². The average Bonchev–Trinajstić information content (AvgIpc) is 2.86. The van der Waals surface area contributed by atoms with E-state index in [0.29, 0.717) is 4.73 Å². The van der Waals surface area contributed by atoms with E-state index in [1.165, 1.54) is 0 Å². The Bertz CT molecular complexity index is 916. The highest BCUT2D eigenvalue weighted by molar-refractivity contribution is 9.10. The highest BCUT2D eigenvalue weighted by Gasteiger charge is 2.15. The Morgan fingerprint density at radius 2 is 1.60 bits per heavy atom. The number of furan rings is 1. The van der Waals surface area contributed by atoms with Crippen LogP contribution in [0.2, 0.25) is 0 Å². The van der Waals surface area contributed by atoms with Crippen LogP contribution in [0.1, 0.15) is 0 Å². The molecule has 2 aromatic heterocycles. The molecule has 0 atom stereocenters. The molecule has 4 aromatic rings. The predicted molar refractivity (Wildman–Crippen MR) is 82.4 cm³/mol. The van der Waals surface area contributed by atoms with Crippen LogP contribution in [0.4, 0.5) is 0 Å². The molecular weight excluding hydrogens is 316 g/mol. The molecule has 4 heteroatoms. The van der Waals surface area contributed by atoms with Gasteiger partial charge in [-0.25, -0.2) is 9.97 Å². The first kappa shape index (κ1) is 11.6. The fourth-order valence-corrected chi connectivity index (χ4v) is 2.71. The van der Waals surface area contributed by atoms with Crippen LogP contribution >= 0.6 is 15.9 Å². The van der Waals surface area contributed by atoms with E-state index in [0.717, 1.165) is 33.3 Å². The number of fused-ring (bicyclic) bond motifs is 3. The molecule has 0 radical (unpaired) electrons. The summed E-state index contributed by atoms with van der Waals surface area (Å²) in [5, 5.41) is 1.00. The van der Waals surface area contributed by atoms with Gasteiger partial charge < -0.3 is 4.42 Å². The van der Waals surface area contributed by atoms with E-state index in [1.807, 2.05) is 54.6 Å². The molecule has 0 aliphatic rings. The van der Waals surface area contributed by atoms with Gasteiger partial charge in [-0.1, -0.05) is 42.5 Å². The zero-order chi connectivity index (χ0) is 13.5. The quantitative estimate of drug-likeness (QED) is 0.472. The van der Waals surface area contributed by atoms with Gasteiger partial charge in [-0.05, 0) is 28.1 Å². The molecule has 3 nitrogen and oxygen atoms in total. The Labute approximate surface area is 123 Å². The maximum atomic E-state index is 5.95. The molecular formula is C16H9BrN2O. The number of halogens is 1. The van der Waals surface area contributed by atoms with Gasteiger partial charge in [-0.15, -0.1) is 0 Å². The highest BCUT2D eigenvalue weighted by Crippen LogP contribution is 2.34. The van der Waals surface area contributed by atoms with Gasteiger partial charge in [0.1, 0.15) is 16.8 Å². The van der Waals surface area contributed by atoms with Gasteiger partial charge in [0.05, 0.1) is 0 Å². The summed E-state index contributed by atoms with van der Waals surface area (Å²) in [5.74, 6) is 0. The van der Waals surface area contributed by atoms with E-state index in [1.54, 1.807) is 0 Å². The number of hydrogen-bond donors (Lipinski definition) is 0. The maximum Gasteiger partial charge on any atom is 0.197 e. The van der Waals surface area contributed by atoms with Gasteiger partial charge in [0.15, 0.2) is 10.3 Å². The molecule has 0 amide bonds. The Hall–Kier alpha value is -2.20. The second-order valence-corrected chi connectivity index (χ2v) is 5.19. The molecule has 0 N–H and O–H groups in total. The van der Waals surface area contributed by atoms with Crippen molar-refractivity contribution in [3.05, 3.63) is 59.3 Å². The van der Waals surface area contributed by atoms with Crippen LogP contribution in [0.25, 0.3) is 33.3 Å². The standard InChI is InChI=1S/C16H9BrN2O/c17-16-18-13(10-6-2-1-3-7-10)15-14(19-16)11-8-4-5-9-12(11)20-15/h1-9H. The molecule has 20 heavy (non-hydrogen) atoms. The van der Waals surface area contributed by atoms with Crippen molar-refractivity contribution in [3.8, 4) is 11.3 Å². The van der Waals surface area contributed by atoms with Crippen LogP contribution in [0, 0.1) is 0 Å². The van der Waals surface area contributed by atoms with Crippen molar-refractivity contribution in [2.75, 3.05) is 0 Å². The minimum absolute atomic E-state index is 0.565. The minimum Gasteiger partial charge on any atom is -0.452 e. The molecule has 0 bridgehead atoms. The monoisotopic (exact) mass is 324 g/mol. The van der Waals surface area contributed by atoms with Crippen molar-refractivity contribution in [1.29, 1.82) is 0 Å². The number of benzene rings is 2. The minimum atomic E-state index is 0.565. The molecule has 2 heterocycles. The first-order chi connectivity index (χ1) is 9.83. The summed E-state index contributed by atoms with van der Waals surface area (Å²) >= 11 is 3.39. The number of aromatic nitrogens is 2. The Morgan fingerprint density at radius 3 is 2.45 bits per heavy atom. The van der Waals surface area contributed by atoms with Crippen LogP contribution in [-0.4, -0.2) is 9.97 Å². The molecule has 0 saturated carbocycles. The van der Waals surface area contributed by atoms with Gasteiger partial charge in [-0.2, -0.15) is 0 Å². The fraction of sp³-hybridized carbons (Fsp3) is 0. The largest absolute Gasteiger partial charge is 0.452 e. The summed E-state index contributed by atoms with van der Waals surface area (Å²) in [5.41, 5.74) is 4.20. The first-order valence-electron chi connectivity index (χ1n) is 6.23. The van der Waals surface area contributed by atoms with Gasteiger partial charge in [0.2, 0.25) is 0 Å². The lowest BCUT2D eigenvalue weighted by Gasteiger charge is -2.01. The van der Waals surface area contributed by atoms with Crippen molar-refractivity contribution < 1.29 is 4.42 Å². The maximum absolute atomic E-state index is 5.95. The van der Waals surface area contributed by atoms with E-state index in [2.05, 4.69) is 25.9 Å². The van der Waals surface area contributed by atoms with Gasteiger partial charge >= 0.3 is 0 Å². The zero-order valence-electron chi connectivity index (χ0n) is 10.4. The Balaban J connectivity index is 2.16. The van der Waals surface area contributed by atoms with Gasteiger partial charge in [0, 0.05) is 10.9 Å². The Kier molecular flexibility index (Phi) is 2.57. The molecule has 4 rings (SSSR count). The number of rotatable bonds is 1. The van der Waals surface area contributed by atoms with E-state index in [-0.39, 0.29) is 0 Å². The molecule has 0 aliphatic carbocycles. The highest BCUT2D eigenvalue weighted by atomic mass is 79.9. The molecule has 2 aromatic carbocycles. The number of para-hydroxylation sites is 1. The second kappa shape index (κ2) is 4.42. The SMILES string of the molecule is Brc1nc(-c2ccccc2)c2oc3ccccc3c2n1. The summed E-state index contributed by atoms with van der Waals surface area (Å²) in [6.07, 6.45) is 0. The first-order valence-corrected chi connectivity index (χ1v) is 7.02. The molecule has 0 saturated heterocycles. The van der Waals surface area contributed by atoms with E-state index >= 15 is 0 Å². The Morgan fingerprint density at radius 1 is 0.850 bits per heavy atom. The topological polar surface area (TPSA) is 38.9 Å². The molecule has 0 fully saturated rings. The molecule has 0 spiro atoms. The summed E-state index contributed by atoms with van der Waals surface area (Å²) in [6, 6.07) is 17.9. The fourth-order valence-electron chi connectivity index (χ4n) is 2.36. The van der Waals surface area contributed by atoms with Crippen molar-refractivity contribution in [1.82, 2.24) is 9.97 Å². The van der Waals surface area contributed by atoms with Crippen LogP contribution in [-0.2, 0) is 0 Å². The molecule has 0 unspecified atom stereocenters. The molecule has 96 valence electrons. The van der Waals surface area contributed by atoms with Crippen molar-refractivity contribution in [2.45, 2.75) is 0 Å². The lowest BCUT2D eigenvalue weighted by Crippen LogP contribution is -1.89. The van der Waals surface area contributed by atoms with E-state index < -0.39 is 0 Å². The summed E-state index contributed by atoms with van der Waals surface area (Å²) < 4.78 is 6.51. The van der Waals surface area contributed by atoms with Crippen LogP contribution in [0.5, 0.6) is 0 Å². The number of hydrogen-bond acceptors (Lipinski definition) is 3. The van der Waals surface area contributed by atoms with Crippen LogP contribution < -0.4 is 0 Å². The third-order valence-electron chi connectivity index (χ3n) is 3.24. The smallest absolute Gasteiger partial charge is 0.197 e. The van der Waals surface area contributed by atoms with Gasteiger partial charge in [-0.3, -0.25) is 0 Å². The van der Waals surface area contributed by atoms with Crippen LogP contribution in [0.15, 0.2) is 63.7 Å². The normalized spacial score (nSPS) is 11.2. The summed E-state index contributed by atoms with van der Waals surface area (Å²) in [4.78, 5) is 8.94. The second-order valence-electron chi connectivity index (χ2n) is 4.48.